The van der Waals surface area contributed by atoms with Crippen LogP contribution in [0.3, 0.4) is 0 Å². The zero-order valence-corrected chi connectivity index (χ0v) is 13.5. The summed E-state index contributed by atoms with van der Waals surface area (Å²) in [4.78, 5) is 11.8. The van der Waals surface area contributed by atoms with E-state index in [-0.39, 0.29) is 5.91 Å². The average Bonchev–Trinajstić information content (AvgIpc) is 2.36. The number of carbonyl (C=O) groups is 1. The third-order valence-corrected chi connectivity index (χ3v) is 3.61. The molecule has 0 saturated carbocycles. The Balaban J connectivity index is 2.30. The van der Waals surface area contributed by atoms with Crippen molar-refractivity contribution in [3.63, 3.8) is 0 Å². The summed E-state index contributed by atoms with van der Waals surface area (Å²) in [6, 6.07) is 5.58. The number of benzene rings is 1. The first kappa shape index (κ1) is 15.7. The summed E-state index contributed by atoms with van der Waals surface area (Å²) in [7, 11) is 0. The molecule has 1 aromatic carbocycles. The summed E-state index contributed by atoms with van der Waals surface area (Å²) < 4.78 is 6.32. The fourth-order valence-corrected chi connectivity index (χ4v) is 1.90. The first-order chi connectivity index (χ1) is 8.65. The van der Waals surface area contributed by atoms with Crippen molar-refractivity contribution < 1.29 is 9.53 Å². The molecule has 0 spiro atoms. The smallest absolute Gasteiger partial charge is 0.251 e. The Morgan fingerprint density at radius 3 is 2.83 bits per heavy atom. The van der Waals surface area contributed by atoms with E-state index in [4.69, 9.17) is 4.74 Å². The number of aryl methyl sites for hydroxylation is 1. The molecule has 1 aromatic rings. The molecule has 0 aromatic heterocycles. The largest absolute Gasteiger partial charge is 0.381 e. The van der Waals surface area contributed by atoms with Crippen LogP contribution in [-0.4, -0.2) is 31.0 Å². The summed E-state index contributed by atoms with van der Waals surface area (Å²) in [6.45, 7) is 3.98. The molecule has 0 fully saturated rings. The molecule has 100 valence electrons. The highest BCUT2D eigenvalue weighted by Gasteiger charge is 2.05. The van der Waals surface area contributed by atoms with Gasteiger partial charge in [0.2, 0.25) is 0 Å². The van der Waals surface area contributed by atoms with Crippen molar-refractivity contribution in [2.24, 2.45) is 0 Å². The second-order valence-corrected chi connectivity index (χ2v) is 5.52. The van der Waals surface area contributed by atoms with Crippen molar-refractivity contribution in [2.45, 2.75) is 13.3 Å². The van der Waals surface area contributed by atoms with Crippen LogP contribution >= 0.6 is 31.9 Å². The molecule has 0 radical (unpaired) electrons. The third kappa shape index (κ3) is 5.50. The Morgan fingerprint density at radius 1 is 1.39 bits per heavy atom. The number of hydrogen-bond acceptors (Lipinski definition) is 2. The molecule has 1 amide bonds. The molecular weight excluding hydrogens is 362 g/mol. The highest BCUT2D eigenvalue weighted by Crippen LogP contribution is 2.16. The summed E-state index contributed by atoms with van der Waals surface area (Å²) in [5.74, 6) is -0.0360. The SMILES string of the molecule is Cc1cc(C(=O)NCCCOCCBr)ccc1Br. The fourth-order valence-electron chi connectivity index (χ4n) is 1.42. The average molecular weight is 379 g/mol. The number of halogens is 2. The summed E-state index contributed by atoms with van der Waals surface area (Å²) in [5.41, 5.74) is 1.75. The molecule has 18 heavy (non-hydrogen) atoms. The van der Waals surface area contributed by atoms with E-state index < -0.39 is 0 Å². The predicted molar refractivity (Wildman–Crippen MR) is 80.4 cm³/mol. The van der Waals surface area contributed by atoms with Gasteiger partial charge in [-0.05, 0) is 37.1 Å². The van der Waals surface area contributed by atoms with Crippen molar-refractivity contribution in [1.29, 1.82) is 0 Å². The highest BCUT2D eigenvalue weighted by atomic mass is 79.9. The fraction of sp³-hybridized carbons (Fsp3) is 0.462. The zero-order chi connectivity index (χ0) is 13.4. The van der Waals surface area contributed by atoms with E-state index in [0.29, 0.717) is 25.3 Å². The lowest BCUT2D eigenvalue weighted by Crippen LogP contribution is -2.25. The molecular formula is C13H17Br2NO2. The van der Waals surface area contributed by atoms with Gasteiger partial charge in [0.25, 0.3) is 5.91 Å². The molecule has 1 rings (SSSR count). The van der Waals surface area contributed by atoms with Crippen molar-refractivity contribution in [2.75, 3.05) is 25.1 Å². The van der Waals surface area contributed by atoms with Crippen molar-refractivity contribution in [3.05, 3.63) is 33.8 Å². The van der Waals surface area contributed by atoms with Crippen LogP contribution in [-0.2, 0) is 4.74 Å². The van der Waals surface area contributed by atoms with E-state index in [9.17, 15) is 4.79 Å². The number of rotatable bonds is 7. The number of nitrogens with one attached hydrogen (secondary N) is 1. The quantitative estimate of drug-likeness (QED) is 0.584. The van der Waals surface area contributed by atoms with Crippen LogP contribution in [0.4, 0.5) is 0 Å². The standard InChI is InChI=1S/C13H17Br2NO2/c1-10-9-11(3-4-12(10)15)13(17)16-6-2-7-18-8-5-14/h3-4,9H,2,5-8H2,1H3,(H,16,17). The predicted octanol–water partition coefficient (Wildman–Crippen LogP) is 3.29. The molecule has 0 atom stereocenters. The van der Waals surface area contributed by atoms with E-state index in [1.807, 2.05) is 25.1 Å². The molecule has 3 nitrogen and oxygen atoms in total. The lowest BCUT2D eigenvalue weighted by molar-refractivity contribution is 0.0944. The summed E-state index contributed by atoms with van der Waals surface area (Å²) in [6.07, 6.45) is 0.828. The highest BCUT2D eigenvalue weighted by molar-refractivity contribution is 9.10. The molecule has 1 N–H and O–H groups in total. The van der Waals surface area contributed by atoms with Crippen LogP contribution in [0.1, 0.15) is 22.3 Å². The van der Waals surface area contributed by atoms with Gasteiger partial charge in [0, 0.05) is 28.5 Å². The normalized spacial score (nSPS) is 10.4. The van der Waals surface area contributed by atoms with E-state index in [1.54, 1.807) is 0 Å². The van der Waals surface area contributed by atoms with Crippen LogP contribution < -0.4 is 5.32 Å². The van der Waals surface area contributed by atoms with Crippen molar-refractivity contribution >= 4 is 37.8 Å². The van der Waals surface area contributed by atoms with Crippen LogP contribution in [0.25, 0.3) is 0 Å². The van der Waals surface area contributed by atoms with E-state index in [1.165, 1.54) is 0 Å². The number of carbonyl (C=O) groups excluding carboxylic acids is 1. The Kier molecular flexibility index (Phi) is 7.54. The van der Waals surface area contributed by atoms with Gasteiger partial charge in [-0.15, -0.1) is 0 Å². The molecule has 0 aliphatic carbocycles. The summed E-state index contributed by atoms with van der Waals surface area (Å²) in [5, 5.41) is 3.72. The Bertz CT molecular complexity index is 397. The first-order valence-electron chi connectivity index (χ1n) is 5.83. The molecule has 0 aliphatic heterocycles. The second-order valence-electron chi connectivity index (χ2n) is 3.87. The monoisotopic (exact) mass is 377 g/mol. The molecule has 0 unspecified atom stereocenters. The van der Waals surface area contributed by atoms with E-state index >= 15 is 0 Å². The number of alkyl halides is 1. The Morgan fingerprint density at radius 2 is 2.17 bits per heavy atom. The summed E-state index contributed by atoms with van der Waals surface area (Å²) >= 11 is 6.70. The van der Waals surface area contributed by atoms with Crippen LogP contribution in [0.15, 0.2) is 22.7 Å². The van der Waals surface area contributed by atoms with Gasteiger partial charge < -0.3 is 10.1 Å². The minimum atomic E-state index is -0.0360. The van der Waals surface area contributed by atoms with Crippen LogP contribution in [0.2, 0.25) is 0 Å². The zero-order valence-electron chi connectivity index (χ0n) is 10.3. The third-order valence-electron chi connectivity index (χ3n) is 2.39. The number of hydrogen-bond donors (Lipinski definition) is 1. The molecule has 0 heterocycles. The van der Waals surface area contributed by atoms with Gasteiger partial charge in [0.15, 0.2) is 0 Å². The van der Waals surface area contributed by atoms with E-state index in [0.717, 1.165) is 21.8 Å². The van der Waals surface area contributed by atoms with Gasteiger partial charge in [0.05, 0.1) is 6.61 Å². The minimum Gasteiger partial charge on any atom is -0.381 e. The first-order valence-corrected chi connectivity index (χ1v) is 7.74. The van der Waals surface area contributed by atoms with Crippen LogP contribution in [0.5, 0.6) is 0 Å². The van der Waals surface area contributed by atoms with Gasteiger partial charge in [0.1, 0.15) is 0 Å². The number of amides is 1. The maximum atomic E-state index is 11.8. The topological polar surface area (TPSA) is 38.3 Å². The minimum absolute atomic E-state index is 0.0360. The maximum absolute atomic E-state index is 11.8. The van der Waals surface area contributed by atoms with Gasteiger partial charge in [-0.2, -0.15) is 0 Å². The van der Waals surface area contributed by atoms with Gasteiger partial charge in [-0.3, -0.25) is 4.79 Å². The molecule has 0 saturated heterocycles. The molecule has 0 aliphatic rings. The Hall–Kier alpha value is -0.390. The van der Waals surface area contributed by atoms with Gasteiger partial charge in [-0.25, -0.2) is 0 Å². The molecule has 0 bridgehead atoms. The lowest BCUT2D eigenvalue weighted by Gasteiger charge is -2.07. The molecule has 5 heteroatoms. The van der Waals surface area contributed by atoms with E-state index in [2.05, 4.69) is 37.2 Å². The Labute approximate surface area is 125 Å². The van der Waals surface area contributed by atoms with Gasteiger partial charge in [-0.1, -0.05) is 31.9 Å². The maximum Gasteiger partial charge on any atom is 0.251 e. The van der Waals surface area contributed by atoms with Crippen molar-refractivity contribution in [3.8, 4) is 0 Å². The van der Waals surface area contributed by atoms with Crippen molar-refractivity contribution in [1.82, 2.24) is 5.32 Å². The van der Waals surface area contributed by atoms with Gasteiger partial charge >= 0.3 is 0 Å². The van der Waals surface area contributed by atoms with Crippen LogP contribution in [0, 0.1) is 6.92 Å². The number of ether oxygens (including phenoxy) is 1. The lowest BCUT2D eigenvalue weighted by atomic mass is 10.1. The second kappa shape index (κ2) is 8.67.